The Morgan fingerprint density at radius 3 is 1.18 bits per heavy atom. The van der Waals surface area contributed by atoms with E-state index < -0.39 is 38.0 Å². The summed E-state index contributed by atoms with van der Waals surface area (Å²) in [6, 6.07) is 0. The van der Waals surface area contributed by atoms with Crippen LogP contribution in [-0.2, 0) is 14.4 Å². The van der Waals surface area contributed by atoms with Crippen LogP contribution in [0.15, 0.2) is 0 Å². The summed E-state index contributed by atoms with van der Waals surface area (Å²) in [5.41, 5.74) is 0. The van der Waals surface area contributed by atoms with Crippen LogP contribution < -0.4 is 0 Å². The summed E-state index contributed by atoms with van der Waals surface area (Å²) in [5.74, 6) is -2.48. The number of halogens is 5. The Bertz CT molecular complexity index is 221. The standard InChI is InChI=1S/C3H3F3O.C3H4F2O.C3H6O/c4-1-2(7)3(5)6;4-1-3(6)2-5;1-3(2)4/h3H,1H2;1-2H2;1-2H3. The van der Waals surface area contributed by atoms with Gasteiger partial charge in [-0.2, -0.15) is 0 Å². The Kier molecular flexibility index (Phi) is 18.1. The number of ketones is 3. The van der Waals surface area contributed by atoms with Gasteiger partial charge in [0, 0.05) is 0 Å². The minimum atomic E-state index is -3.15. The molecule has 0 atom stereocenters. The van der Waals surface area contributed by atoms with Gasteiger partial charge in [0.25, 0.3) is 6.43 Å². The molecule has 0 amide bonds. The van der Waals surface area contributed by atoms with Gasteiger partial charge in [0.05, 0.1) is 0 Å². The maximum absolute atomic E-state index is 10.8. The van der Waals surface area contributed by atoms with Gasteiger partial charge in [0.1, 0.15) is 5.78 Å². The second-order valence-electron chi connectivity index (χ2n) is 2.61. The Balaban J connectivity index is -0.000000180. The van der Waals surface area contributed by atoms with Crippen molar-refractivity contribution in [1.29, 1.82) is 0 Å². The predicted molar refractivity (Wildman–Crippen MR) is 50.3 cm³/mol. The van der Waals surface area contributed by atoms with E-state index in [2.05, 4.69) is 0 Å². The maximum Gasteiger partial charge on any atom is 0.298 e. The van der Waals surface area contributed by atoms with Gasteiger partial charge in [-0.3, -0.25) is 9.59 Å². The molecule has 0 radical (unpaired) electrons. The third kappa shape index (κ3) is 31.3. The van der Waals surface area contributed by atoms with Crippen LogP contribution in [0, 0.1) is 0 Å². The van der Waals surface area contributed by atoms with Crippen molar-refractivity contribution in [1.82, 2.24) is 0 Å². The SMILES string of the molecule is CC(C)=O.O=C(CF)C(F)F.O=C(CF)CF. The molecule has 0 saturated heterocycles. The lowest BCUT2D eigenvalue weighted by molar-refractivity contribution is -0.130. The van der Waals surface area contributed by atoms with Gasteiger partial charge in [0.2, 0.25) is 5.78 Å². The third-order valence-electron chi connectivity index (χ3n) is 0.673. The van der Waals surface area contributed by atoms with Crippen molar-refractivity contribution in [2.45, 2.75) is 20.3 Å². The zero-order valence-corrected chi connectivity index (χ0v) is 9.31. The molecule has 8 heteroatoms. The lowest BCUT2D eigenvalue weighted by Crippen LogP contribution is -2.10. The van der Waals surface area contributed by atoms with Crippen molar-refractivity contribution in [3.05, 3.63) is 0 Å². The van der Waals surface area contributed by atoms with E-state index in [0.29, 0.717) is 0 Å². The van der Waals surface area contributed by atoms with Gasteiger partial charge in [-0.15, -0.1) is 0 Å². The number of alkyl halides is 5. The van der Waals surface area contributed by atoms with Crippen molar-refractivity contribution in [3.63, 3.8) is 0 Å². The zero-order chi connectivity index (χ0) is 14.4. The van der Waals surface area contributed by atoms with Crippen molar-refractivity contribution in [2.24, 2.45) is 0 Å². The van der Waals surface area contributed by atoms with Crippen LogP contribution >= 0.6 is 0 Å². The maximum atomic E-state index is 10.8. The molecule has 0 N–H and O–H groups in total. The van der Waals surface area contributed by atoms with Gasteiger partial charge in [-0.25, -0.2) is 22.0 Å². The first-order valence-corrected chi connectivity index (χ1v) is 4.20. The van der Waals surface area contributed by atoms with Crippen LogP contribution in [0.3, 0.4) is 0 Å². The number of hydrogen-bond acceptors (Lipinski definition) is 3. The molecule has 0 heterocycles. The smallest absolute Gasteiger partial charge is 0.298 e. The molecule has 0 rings (SSSR count). The van der Waals surface area contributed by atoms with E-state index in [4.69, 9.17) is 0 Å². The van der Waals surface area contributed by atoms with Crippen LogP contribution in [0.5, 0.6) is 0 Å². The van der Waals surface area contributed by atoms with Crippen LogP contribution in [0.25, 0.3) is 0 Å². The van der Waals surface area contributed by atoms with Gasteiger partial charge >= 0.3 is 0 Å². The molecule has 17 heavy (non-hydrogen) atoms. The summed E-state index contributed by atoms with van der Waals surface area (Å²) < 4.78 is 54.1. The summed E-state index contributed by atoms with van der Waals surface area (Å²) in [4.78, 5) is 28.3. The largest absolute Gasteiger partial charge is 0.300 e. The Morgan fingerprint density at radius 2 is 1.18 bits per heavy atom. The van der Waals surface area contributed by atoms with Crippen molar-refractivity contribution < 1.29 is 36.3 Å². The first kappa shape index (κ1) is 21.0. The average Bonchev–Trinajstić information content (AvgIpc) is 2.26. The highest BCUT2D eigenvalue weighted by molar-refractivity contribution is 5.82. The minimum Gasteiger partial charge on any atom is -0.300 e. The highest BCUT2D eigenvalue weighted by Gasteiger charge is 2.12. The number of rotatable bonds is 4. The molecule has 0 aliphatic rings. The van der Waals surface area contributed by atoms with Crippen LogP contribution in [0.1, 0.15) is 13.8 Å². The lowest BCUT2D eigenvalue weighted by Gasteiger charge is -1.86. The highest BCUT2D eigenvalue weighted by atomic mass is 19.3. The van der Waals surface area contributed by atoms with E-state index in [1.807, 2.05) is 0 Å². The molecule has 0 saturated carbocycles. The van der Waals surface area contributed by atoms with Crippen molar-refractivity contribution >= 4 is 17.3 Å². The molecule has 0 aromatic carbocycles. The molecule has 0 fully saturated rings. The predicted octanol–water partition coefficient (Wildman–Crippen LogP) is 1.88. The normalized spacial score (nSPS) is 8.47. The van der Waals surface area contributed by atoms with E-state index in [9.17, 15) is 36.3 Å². The summed E-state index contributed by atoms with van der Waals surface area (Å²) in [5, 5.41) is 0. The number of hydrogen-bond donors (Lipinski definition) is 0. The van der Waals surface area contributed by atoms with Crippen LogP contribution in [-0.4, -0.2) is 43.8 Å². The molecular weight excluding hydrogens is 251 g/mol. The molecule has 0 aromatic rings. The minimum absolute atomic E-state index is 0.167. The Hall–Kier alpha value is -1.34. The first-order valence-electron chi connectivity index (χ1n) is 4.20. The number of carbonyl (C=O) groups is 3. The third-order valence-corrected chi connectivity index (χ3v) is 0.673. The van der Waals surface area contributed by atoms with Crippen LogP contribution in [0.4, 0.5) is 22.0 Å². The van der Waals surface area contributed by atoms with Gasteiger partial charge in [0.15, 0.2) is 25.8 Å². The highest BCUT2D eigenvalue weighted by Crippen LogP contribution is 1.92. The van der Waals surface area contributed by atoms with E-state index in [1.54, 1.807) is 0 Å². The summed E-state index contributed by atoms with van der Waals surface area (Å²) in [6.07, 6.45) is -3.15. The van der Waals surface area contributed by atoms with E-state index in [0.717, 1.165) is 0 Å². The van der Waals surface area contributed by atoms with E-state index >= 15 is 0 Å². The second-order valence-corrected chi connectivity index (χ2v) is 2.61. The monoisotopic (exact) mass is 264 g/mol. The van der Waals surface area contributed by atoms with Crippen molar-refractivity contribution in [2.75, 3.05) is 20.0 Å². The van der Waals surface area contributed by atoms with Gasteiger partial charge in [-0.1, -0.05) is 0 Å². The molecule has 0 aliphatic heterocycles. The molecule has 0 aromatic heterocycles. The fourth-order valence-electron chi connectivity index (χ4n) is 0.0940. The van der Waals surface area contributed by atoms with Gasteiger partial charge in [-0.05, 0) is 13.8 Å². The molecule has 0 bridgehead atoms. The van der Waals surface area contributed by atoms with E-state index in [1.165, 1.54) is 13.8 Å². The fraction of sp³-hybridized carbons (Fsp3) is 0.667. The average molecular weight is 264 g/mol. The summed E-state index contributed by atoms with van der Waals surface area (Å²) in [7, 11) is 0. The van der Waals surface area contributed by atoms with E-state index in [-0.39, 0.29) is 5.78 Å². The molecule has 0 aliphatic carbocycles. The fourth-order valence-corrected chi connectivity index (χ4v) is 0.0940. The molecule has 3 nitrogen and oxygen atoms in total. The zero-order valence-electron chi connectivity index (χ0n) is 9.31. The molecule has 102 valence electrons. The lowest BCUT2D eigenvalue weighted by atomic mass is 10.5. The topological polar surface area (TPSA) is 51.2 Å². The Labute approximate surface area is 95.0 Å². The number of carbonyl (C=O) groups excluding carboxylic acids is 3. The quantitative estimate of drug-likeness (QED) is 0.728. The summed E-state index contributed by atoms with van der Waals surface area (Å²) in [6.45, 7) is -0.884. The van der Waals surface area contributed by atoms with Crippen LogP contribution in [0.2, 0.25) is 0 Å². The molecular formula is C9H13F5O3. The molecule has 0 spiro atoms. The van der Waals surface area contributed by atoms with Crippen molar-refractivity contribution in [3.8, 4) is 0 Å². The molecule has 0 unspecified atom stereocenters. The second kappa shape index (κ2) is 14.7. The first-order chi connectivity index (χ1) is 7.72. The Morgan fingerprint density at radius 1 is 0.882 bits per heavy atom. The van der Waals surface area contributed by atoms with Gasteiger partial charge < -0.3 is 4.79 Å². The number of Topliss-reactive ketones (excluding diaryl/α,β-unsaturated/α-hetero) is 3. The summed E-state index contributed by atoms with van der Waals surface area (Å²) >= 11 is 0.